The number of thiocarbonyl (C=S) groups is 1. The van der Waals surface area contributed by atoms with Gasteiger partial charge in [-0.2, -0.15) is 5.10 Å². The Kier molecular flexibility index (Phi) is 9.16. The van der Waals surface area contributed by atoms with Gasteiger partial charge in [-0.25, -0.2) is 0 Å². The second-order valence-electron chi connectivity index (χ2n) is 7.83. The zero-order valence-electron chi connectivity index (χ0n) is 20.6. The summed E-state index contributed by atoms with van der Waals surface area (Å²) in [5.41, 5.74) is 5.13. The van der Waals surface area contributed by atoms with Crippen molar-refractivity contribution >= 4 is 23.0 Å². The Morgan fingerprint density at radius 2 is 1.76 bits per heavy atom. The SMILES string of the molecule is CCOc1ccc(CCNC(=S)Nc2c(C)nn(Cc3cccc(OC)c3)c2C)cc1OCC. The topological polar surface area (TPSA) is 69.6 Å². The molecule has 0 fully saturated rings. The number of hydrogen-bond acceptors (Lipinski definition) is 5. The first kappa shape index (κ1) is 25.4. The third-order valence-electron chi connectivity index (χ3n) is 5.39. The lowest BCUT2D eigenvalue weighted by atomic mass is 10.1. The molecule has 7 nitrogen and oxygen atoms in total. The maximum absolute atomic E-state index is 5.72. The van der Waals surface area contributed by atoms with Gasteiger partial charge in [-0.1, -0.05) is 18.2 Å². The largest absolute Gasteiger partial charge is 0.497 e. The summed E-state index contributed by atoms with van der Waals surface area (Å²) in [5.74, 6) is 2.39. The minimum Gasteiger partial charge on any atom is -0.497 e. The van der Waals surface area contributed by atoms with Crippen LogP contribution in [0.2, 0.25) is 0 Å². The standard InChI is InChI=1S/C26H34N4O3S/c1-6-32-23-12-11-20(16-24(23)33-7-2)13-14-27-26(34)28-25-18(3)29-30(19(25)4)17-21-9-8-10-22(15-21)31-5/h8-12,15-16H,6-7,13-14,17H2,1-5H3,(H2,27,28,34). The van der Waals surface area contributed by atoms with Crippen LogP contribution in [0.25, 0.3) is 0 Å². The molecule has 0 aliphatic carbocycles. The summed E-state index contributed by atoms with van der Waals surface area (Å²) in [6, 6.07) is 14.1. The Bertz CT molecular complexity index is 1110. The van der Waals surface area contributed by atoms with Crippen molar-refractivity contribution in [1.82, 2.24) is 15.1 Å². The first-order valence-corrected chi connectivity index (χ1v) is 12.0. The Labute approximate surface area is 207 Å². The highest BCUT2D eigenvalue weighted by Gasteiger charge is 2.13. The van der Waals surface area contributed by atoms with E-state index in [0.29, 0.717) is 31.4 Å². The van der Waals surface area contributed by atoms with Crippen LogP contribution in [0.5, 0.6) is 17.2 Å². The molecule has 0 bridgehead atoms. The van der Waals surface area contributed by atoms with E-state index < -0.39 is 0 Å². The smallest absolute Gasteiger partial charge is 0.170 e. The van der Waals surface area contributed by atoms with Gasteiger partial charge in [-0.3, -0.25) is 4.68 Å². The van der Waals surface area contributed by atoms with Gasteiger partial charge in [0.25, 0.3) is 0 Å². The summed E-state index contributed by atoms with van der Waals surface area (Å²) in [7, 11) is 1.67. The second kappa shape index (κ2) is 12.3. The van der Waals surface area contributed by atoms with E-state index >= 15 is 0 Å². The molecule has 8 heteroatoms. The maximum Gasteiger partial charge on any atom is 0.170 e. The molecule has 0 amide bonds. The zero-order chi connectivity index (χ0) is 24.5. The van der Waals surface area contributed by atoms with Crippen molar-refractivity contribution < 1.29 is 14.2 Å². The highest BCUT2D eigenvalue weighted by atomic mass is 32.1. The molecule has 2 aromatic carbocycles. The number of benzene rings is 2. The number of ether oxygens (including phenoxy) is 3. The van der Waals surface area contributed by atoms with E-state index in [9.17, 15) is 0 Å². The molecule has 0 unspecified atom stereocenters. The van der Waals surface area contributed by atoms with Crippen molar-refractivity contribution in [3.8, 4) is 17.2 Å². The molecule has 3 aromatic rings. The summed E-state index contributed by atoms with van der Waals surface area (Å²) in [6.07, 6.45) is 0.807. The second-order valence-corrected chi connectivity index (χ2v) is 8.24. The van der Waals surface area contributed by atoms with Crippen LogP contribution in [0.15, 0.2) is 42.5 Å². The molecule has 0 atom stereocenters. The monoisotopic (exact) mass is 482 g/mol. The van der Waals surface area contributed by atoms with E-state index in [2.05, 4.69) is 22.8 Å². The summed E-state index contributed by atoms with van der Waals surface area (Å²) in [5, 5.41) is 11.9. The highest BCUT2D eigenvalue weighted by Crippen LogP contribution is 2.28. The molecule has 0 aliphatic rings. The van der Waals surface area contributed by atoms with Gasteiger partial charge in [0.15, 0.2) is 16.6 Å². The van der Waals surface area contributed by atoms with Crippen molar-refractivity contribution in [3.05, 3.63) is 65.0 Å². The quantitative estimate of drug-likeness (QED) is 0.377. The zero-order valence-corrected chi connectivity index (χ0v) is 21.4. The molecule has 0 spiro atoms. The van der Waals surface area contributed by atoms with Gasteiger partial charge >= 0.3 is 0 Å². The predicted octanol–water partition coefficient (Wildman–Crippen LogP) is 4.88. The minimum absolute atomic E-state index is 0.572. The maximum atomic E-state index is 5.72. The number of aromatic nitrogens is 2. The fourth-order valence-corrected chi connectivity index (χ4v) is 3.91. The molecule has 182 valence electrons. The van der Waals surface area contributed by atoms with Crippen LogP contribution in [0.4, 0.5) is 5.69 Å². The lowest BCUT2D eigenvalue weighted by Crippen LogP contribution is -2.30. The van der Waals surface area contributed by atoms with Crippen molar-refractivity contribution in [1.29, 1.82) is 0 Å². The Morgan fingerprint density at radius 1 is 1.00 bits per heavy atom. The molecule has 1 heterocycles. The van der Waals surface area contributed by atoms with Crippen LogP contribution in [0.3, 0.4) is 0 Å². The van der Waals surface area contributed by atoms with Gasteiger partial charge in [-0.05, 0) is 81.7 Å². The molecule has 3 rings (SSSR count). The van der Waals surface area contributed by atoms with Gasteiger partial charge in [-0.15, -0.1) is 0 Å². The van der Waals surface area contributed by atoms with Gasteiger partial charge in [0.2, 0.25) is 0 Å². The Morgan fingerprint density at radius 3 is 2.50 bits per heavy atom. The summed E-state index contributed by atoms with van der Waals surface area (Å²) in [6.45, 7) is 10.5. The van der Waals surface area contributed by atoms with Gasteiger partial charge in [0, 0.05) is 6.54 Å². The van der Waals surface area contributed by atoms with Crippen molar-refractivity contribution in [3.63, 3.8) is 0 Å². The fraction of sp³-hybridized carbons (Fsp3) is 0.385. The number of aryl methyl sites for hydroxylation is 1. The van der Waals surface area contributed by atoms with E-state index in [0.717, 1.165) is 51.9 Å². The van der Waals surface area contributed by atoms with Crippen molar-refractivity contribution in [2.75, 3.05) is 32.2 Å². The fourth-order valence-electron chi connectivity index (χ4n) is 3.70. The summed E-state index contributed by atoms with van der Waals surface area (Å²) >= 11 is 5.54. The average Bonchev–Trinajstić information content (AvgIpc) is 3.08. The van der Waals surface area contributed by atoms with E-state index in [1.165, 1.54) is 0 Å². The van der Waals surface area contributed by atoms with Crippen LogP contribution in [0, 0.1) is 13.8 Å². The number of hydrogen-bond donors (Lipinski definition) is 2. The van der Waals surface area contributed by atoms with E-state index in [1.54, 1.807) is 7.11 Å². The lowest BCUT2D eigenvalue weighted by molar-refractivity contribution is 0.287. The summed E-state index contributed by atoms with van der Waals surface area (Å²) in [4.78, 5) is 0. The third-order valence-corrected chi connectivity index (χ3v) is 5.64. The van der Waals surface area contributed by atoms with Crippen LogP contribution < -0.4 is 24.8 Å². The molecule has 0 aliphatic heterocycles. The van der Waals surface area contributed by atoms with Crippen LogP contribution in [-0.2, 0) is 13.0 Å². The van der Waals surface area contributed by atoms with Crippen LogP contribution in [0.1, 0.15) is 36.4 Å². The van der Waals surface area contributed by atoms with Gasteiger partial charge in [0.1, 0.15) is 5.75 Å². The molecule has 1 aromatic heterocycles. The van der Waals surface area contributed by atoms with Crippen molar-refractivity contribution in [2.24, 2.45) is 0 Å². The molecule has 0 saturated carbocycles. The minimum atomic E-state index is 0.572. The number of anilines is 1. The molecule has 0 saturated heterocycles. The third kappa shape index (κ3) is 6.63. The number of methoxy groups -OCH3 is 1. The lowest BCUT2D eigenvalue weighted by Gasteiger charge is -2.14. The number of rotatable bonds is 11. The molecule has 0 radical (unpaired) electrons. The van der Waals surface area contributed by atoms with E-state index in [-0.39, 0.29) is 0 Å². The Balaban J connectivity index is 1.57. The van der Waals surface area contributed by atoms with Crippen LogP contribution >= 0.6 is 12.2 Å². The van der Waals surface area contributed by atoms with Gasteiger partial charge in [0.05, 0.1) is 43.9 Å². The van der Waals surface area contributed by atoms with Crippen LogP contribution in [-0.4, -0.2) is 41.8 Å². The highest BCUT2D eigenvalue weighted by molar-refractivity contribution is 7.80. The van der Waals surface area contributed by atoms with E-state index in [1.807, 2.05) is 62.7 Å². The normalized spacial score (nSPS) is 10.6. The molecular weight excluding hydrogens is 448 g/mol. The number of nitrogens with one attached hydrogen (secondary N) is 2. The molecule has 34 heavy (non-hydrogen) atoms. The van der Waals surface area contributed by atoms with Gasteiger partial charge < -0.3 is 24.8 Å². The average molecular weight is 483 g/mol. The van der Waals surface area contributed by atoms with E-state index in [4.69, 9.17) is 31.5 Å². The van der Waals surface area contributed by atoms with Crippen molar-refractivity contribution in [2.45, 2.75) is 40.7 Å². The first-order valence-electron chi connectivity index (χ1n) is 11.5. The first-order chi connectivity index (χ1) is 16.4. The molecular formula is C26H34N4O3S. The molecule has 2 N–H and O–H groups in total. The predicted molar refractivity (Wildman–Crippen MR) is 141 cm³/mol. The Hall–Kier alpha value is -3.26. The number of nitrogens with zero attached hydrogens (tertiary/aromatic N) is 2. The summed E-state index contributed by atoms with van der Waals surface area (Å²) < 4.78 is 18.7.